The number of aromatic nitrogens is 4. The lowest BCUT2D eigenvalue weighted by Gasteiger charge is -2.26. The van der Waals surface area contributed by atoms with Gasteiger partial charge in [0.1, 0.15) is 17.8 Å². The zero-order valence-electron chi connectivity index (χ0n) is 17.3. The Bertz CT molecular complexity index is 1120. The van der Waals surface area contributed by atoms with Gasteiger partial charge in [0.2, 0.25) is 11.9 Å². The van der Waals surface area contributed by atoms with Crippen molar-refractivity contribution in [3.05, 3.63) is 52.7 Å². The zero-order chi connectivity index (χ0) is 21.1. The van der Waals surface area contributed by atoms with Crippen molar-refractivity contribution in [2.24, 2.45) is 0 Å². The molecule has 3 aromatic rings. The third-order valence-corrected chi connectivity index (χ3v) is 5.62. The van der Waals surface area contributed by atoms with E-state index in [0.29, 0.717) is 17.0 Å². The van der Waals surface area contributed by atoms with E-state index in [4.69, 9.17) is 0 Å². The Balaban J connectivity index is 1.59. The predicted molar refractivity (Wildman–Crippen MR) is 117 cm³/mol. The Morgan fingerprint density at radius 1 is 1.17 bits per heavy atom. The molecule has 8 heteroatoms. The number of hydrogen-bond acceptors (Lipinski definition) is 6. The van der Waals surface area contributed by atoms with Crippen LogP contribution < -0.4 is 15.8 Å². The van der Waals surface area contributed by atoms with Gasteiger partial charge in [0.05, 0.1) is 0 Å². The van der Waals surface area contributed by atoms with Gasteiger partial charge in [-0.25, -0.2) is 9.97 Å². The topological polar surface area (TPSA) is 93.0 Å². The second kappa shape index (κ2) is 8.61. The fourth-order valence-electron chi connectivity index (χ4n) is 3.76. The summed E-state index contributed by atoms with van der Waals surface area (Å²) in [7, 11) is 0. The van der Waals surface area contributed by atoms with Gasteiger partial charge >= 0.3 is 0 Å². The Labute approximate surface area is 175 Å². The van der Waals surface area contributed by atoms with Crippen molar-refractivity contribution in [1.82, 2.24) is 19.5 Å². The maximum atomic E-state index is 13.0. The molecule has 0 bridgehead atoms. The summed E-state index contributed by atoms with van der Waals surface area (Å²) in [6.45, 7) is 5.55. The molecule has 1 fully saturated rings. The number of piperidine rings is 1. The first kappa shape index (κ1) is 20.0. The highest BCUT2D eigenvalue weighted by molar-refractivity contribution is 5.94. The lowest BCUT2D eigenvalue weighted by atomic mass is 10.1. The van der Waals surface area contributed by atoms with E-state index in [2.05, 4.69) is 25.2 Å². The average Bonchev–Trinajstić information content (AvgIpc) is 2.79. The first-order valence-electron chi connectivity index (χ1n) is 10.5. The van der Waals surface area contributed by atoms with Crippen LogP contribution in [0.3, 0.4) is 0 Å². The van der Waals surface area contributed by atoms with E-state index in [1.165, 1.54) is 23.5 Å². The molecular weight excluding hydrogens is 380 g/mol. The third kappa shape index (κ3) is 3.90. The fourth-order valence-corrected chi connectivity index (χ4v) is 3.76. The predicted octanol–water partition coefficient (Wildman–Crippen LogP) is 2.94. The number of nitrogens with one attached hydrogen (secondary N) is 1. The number of carbonyl (C=O) groups excluding carboxylic acids is 1. The molecule has 156 valence electrons. The lowest BCUT2D eigenvalue weighted by molar-refractivity contribution is -0.118. The van der Waals surface area contributed by atoms with Gasteiger partial charge < -0.3 is 10.2 Å². The molecule has 1 aliphatic rings. The average molecular weight is 406 g/mol. The standard InChI is InChI=1S/C22H26N6O2/c1-3-16-9-5-6-10-18(16)25-20(29)15(2)28-14-24-19-17(21(28)30)13-23-22(26-19)27-11-7-4-8-12-27/h5-6,9-10,13-15H,3-4,7-8,11-12H2,1-2H3,(H,25,29)/t15-/m1/s1. The number of rotatable bonds is 5. The van der Waals surface area contributed by atoms with Crippen molar-refractivity contribution < 1.29 is 4.79 Å². The minimum absolute atomic E-state index is 0.273. The van der Waals surface area contributed by atoms with Crippen LogP contribution in [-0.2, 0) is 11.2 Å². The van der Waals surface area contributed by atoms with Gasteiger partial charge in [-0.3, -0.25) is 14.2 Å². The first-order chi connectivity index (χ1) is 14.6. The molecule has 1 amide bonds. The van der Waals surface area contributed by atoms with Gasteiger partial charge in [-0.15, -0.1) is 0 Å². The van der Waals surface area contributed by atoms with E-state index in [9.17, 15) is 9.59 Å². The number of benzene rings is 1. The van der Waals surface area contributed by atoms with Crippen LogP contribution in [-0.4, -0.2) is 38.5 Å². The van der Waals surface area contributed by atoms with Crippen molar-refractivity contribution in [3.8, 4) is 0 Å². The van der Waals surface area contributed by atoms with Crippen LogP contribution in [0.4, 0.5) is 11.6 Å². The molecule has 1 atom stereocenters. The Hall–Kier alpha value is -3.29. The van der Waals surface area contributed by atoms with E-state index in [1.807, 2.05) is 31.2 Å². The molecule has 0 aliphatic carbocycles. The van der Waals surface area contributed by atoms with E-state index in [-0.39, 0.29) is 11.5 Å². The molecule has 1 aliphatic heterocycles. The van der Waals surface area contributed by atoms with Crippen molar-refractivity contribution in [2.45, 2.75) is 45.6 Å². The molecule has 8 nitrogen and oxygen atoms in total. The summed E-state index contributed by atoms with van der Waals surface area (Å²) >= 11 is 0. The highest BCUT2D eigenvalue weighted by atomic mass is 16.2. The zero-order valence-corrected chi connectivity index (χ0v) is 17.3. The summed E-state index contributed by atoms with van der Waals surface area (Å²) in [5.74, 6) is 0.332. The van der Waals surface area contributed by atoms with Crippen LogP contribution in [0.2, 0.25) is 0 Å². The molecule has 0 radical (unpaired) electrons. The number of amides is 1. The maximum absolute atomic E-state index is 13.0. The molecule has 30 heavy (non-hydrogen) atoms. The quantitative estimate of drug-likeness (QED) is 0.700. The van der Waals surface area contributed by atoms with E-state index < -0.39 is 6.04 Å². The van der Waals surface area contributed by atoms with Gasteiger partial charge in [-0.1, -0.05) is 25.1 Å². The molecule has 0 unspecified atom stereocenters. The summed E-state index contributed by atoms with van der Waals surface area (Å²) in [5.41, 5.74) is 1.83. The van der Waals surface area contributed by atoms with E-state index in [1.54, 1.807) is 6.92 Å². The molecule has 0 saturated carbocycles. The summed E-state index contributed by atoms with van der Waals surface area (Å²) in [4.78, 5) is 41.1. The normalized spacial score (nSPS) is 15.2. The summed E-state index contributed by atoms with van der Waals surface area (Å²) in [5, 5.41) is 3.23. The second-order valence-electron chi connectivity index (χ2n) is 7.59. The van der Waals surface area contributed by atoms with Crippen LogP contribution in [0.15, 0.2) is 41.6 Å². The molecule has 4 rings (SSSR count). The second-order valence-corrected chi connectivity index (χ2v) is 7.59. The number of anilines is 2. The fraction of sp³-hybridized carbons (Fsp3) is 0.409. The van der Waals surface area contributed by atoms with Gasteiger partial charge in [0.25, 0.3) is 5.56 Å². The number of fused-ring (bicyclic) bond motifs is 1. The maximum Gasteiger partial charge on any atom is 0.265 e. The summed E-state index contributed by atoms with van der Waals surface area (Å²) in [6, 6.07) is 6.93. The van der Waals surface area contributed by atoms with Gasteiger partial charge in [0.15, 0.2) is 5.65 Å². The van der Waals surface area contributed by atoms with Gasteiger partial charge in [-0.2, -0.15) is 4.98 Å². The number of hydrogen-bond donors (Lipinski definition) is 1. The monoisotopic (exact) mass is 406 g/mol. The minimum atomic E-state index is -0.721. The third-order valence-electron chi connectivity index (χ3n) is 5.62. The molecule has 2 aromatic heterocycles. The number of nitrogens with zero attached hydrogens (tertiary/aromatic N) is 5. The van der Waals surface area contributed by atoms with Crippen LogP contribution in [0.1, 0.15) is 44.7 Å². The van der Waals surface area contributed by atoms with Crippen molar-refractivity contribution >= 4 is 28.6 Å². The summed E-state index contributed by atoms with van der Waals surface area (Å²) in [6.07, 6.45) is 7.17. The number of para-hydroxylation sites is 1. The summed E-state index contributed by atoms with van der Waals surface area (Å²) < 4.78 is 1.33. The Morgan fingerprint density at radius 2 is 1.93 bits per heavy atom. The van der Waals surface area contributed by atoms with Crippen LogP contribution in [0.5, 0.6) is 0 Å². The van der Waals surface area contributed by atoms with Crippen molar-refractivity contribution in [3.63, 3.8) is 0 Å². The highest BCUT2D eigenvalue weighted by Gasteiger charge is 2.20. The number of aryl methyl sites for hydroxylation is 1. The largest absolute Gasteiger partial charge is 0.341 e. The van der Waals surface area contributed by atoms with E-state index >= 15 is 0 Å². The molecule has 3 heterocycles. The lowest BCUT2D eigenvalue weighted by Crippen LogP contribution is -2.33. The van der Waals surface area contributed by atoms with Gasteiger partial charge in [-0.05, 0) is 44.2 Å². The van der Waals surface area contributed by atoms with E-state index in [0.717, 1.165) is 43.6 Å². The van der Waals surface area contributed by atoms with Crippen LogP contribution in [0, 0.1) is 0 Å². The molecule has 1 saturated heterocycles. The molecular formula is C22H26N6O2. The SMILES string of the molecule is CCc1ccccc1NC(=O)[C@@H](C)n1cnc2nc(N3CCCCC3)ncc2c1=O. The molecule has 1 N–H and O–H groups in total. The van der Waals surface area contributed by atoms with Crippen LogP contribution in [0.25, 0.3) is 11.0 Å². The van der Waals surface area contributed by atoms with Crippen molar-refractivity contribution in [2.75, 3.05) is 23.3 Å². The molecule has 0 spiro atoms. The first-order valence-corrected chi connectivity index (χ1v) is 10.5. The Morgan fingerprint density at radius 3 is 2.70 bits per heavy atom. The van der Waals surface area contributed by atoms with Gasteiger partial charge in [0, 0.05) is 25.0 Å². The van der Waals surface area contributed by atoms with Crippen molar-refractivity contribution in [1.29, 1.82) is 0 Å². The molecule has 1 aromatic carbocycles. The Kier molecular flexibility index (Phi) is 5.74. The minimum Gasteiger partial charge on any atom is -0.341 e. The smallest absolute Gasteiger partial charge is 0.265 e. The number of carbonyl (C=O) groups is 1. The highest BCUT2D eigenvalue weighted by Crippen LogP contribution is 2.19. The van der Waals surface area contributed by atoms with Crippen LogP contribution >= 0.6 is 0 Å².